The van der Waals surface area contributed by atoms with Crippen molar-refractivity contribution in [1.82, 2.24) is 15.1 Å². The van der Waals surface area contributed by atoms with Crippen LogP contribution in [0.4, 0.5) is 0 Å². The van der Waals surface area contributed by atoms with E-state index in [1.54, 1.807) is 31.6 Å². The second kappa shape index (κ2) is 8.84. The molecule has 0 aliphatic rings. The van der Waals surface area contributed by atoms with E-state index in [0.717, 1.165) is 11.3 Å². The summed E-state index contributed by atoms with van der Waals surface area (Å²) in [6.07, 6.45) is 2.39. The number of nitrogens with one attached hydrogen (secondary N) is 1. The van der Waals surface area contributed by atoms with Crippen molar-refractivity contribution >= 4 is 5.91 Å². The van der Waals surface area contributed by atoms with Crippen LogP contribution in [0.15, 0.2) is 64.0 Å². The monoisotopic (exact) mass is 367 g/mol. The summed E-state index contributed by atoms with van der Waals surface area (Å²) in [6, 6.07) is 14.2. The lowest BCUT2D eigenvalue weighted by molar-refractivity contribution is -0.121. The molecule has 0 saturated heterocycles. The van der Waals surface area contributed by atoms with Gasteiger partial charge in [0.2, 0.25) is 5.91 Å². The molecule has 1 aromatic carbocycles. The van der Waals surface area contributed by atoms with Gasteiger partial charge in [-0.2, -0.15) is 5.10 Å². The molecule has 0 bridgehead atoms. The van der Waals surface area contributed by atoms with Gasteiger partial charge in [-0.25, -0.2) is 4.68 Å². The molecule has 0 aliphatic heterocycles. The molecule has 0 radical (unpaired) electrons. The first-order chi connectivity index (χ1) is 13.2. The molecule has 0 fully saturated rings. The summed E-state index contributed by atoms with van der Waals surface area (Å²) < 4.78 is 11.7. The standard InChI is InChI=1S/C20H21N3O4/c1-26-16-8-6-15(7-9-16)18-10-11-20(25)23(22-18)12-2-5-19(24)21-14-17-4-3-13-27-17/h3-4,6-11,13H,2,5,12,14H2,1H3,(H,21,24). The number of hydrogen-bond donors (Lipinski definition) is 1. The Balaban J connectivity index is 1.56. The summed E-state index contributed by atoms with van der Waals surface area (Å²) in [5, 5.41) is 7.18. The molecular formula is C20H21N3O4. The predicted octanol–water partition coefficient (Wildman–Crippen LogP) is 2.61. The fraction of sp³-hybridized carbons (Fsp3) is 0.250. The Hall–Kier alpha value is -3.35. The lowest BCUT2D eigenvalue weighted by Gasteiger charge is -2.08. The molecule has 1 N–H and O–H groups in total. The lowest BCUT2D eigenvalue weighted by atomic mass is 10.1. The first-order valence-electron chi connectivity index (χ1n) is 8.67. The smallest absolute Gasteiger partial charge is 0.266 e. The number of furan rings is 1. The molecule has 0 atom stereocenters. The molecule has 0 spiro atoms. The van der Waals surface area contributed by atoms with E-state index in [2.05, 4.69) is 10.4 Å². The van der Waals surface area contributed by atoms with Crippen LogP contribution in [0.5, 0.6) is 5.75 Å². The van der Waals surface area contributed by atoms with E-state index in [4.69, 9.17) is 9.15 Å². The van der Waals surface area contributed by atoms with Crippen molar-refractivity contribution in [2.75, 3.05) is 7.11 Å². The Morgan fingerprint density at radius 2 is 2.00 bits per heavy atom. The highest BCUT2D eigenvalue weighted by Gasteiger charge is 2.06. The number of carbonyl (C=O) groups is 1. The Bertz CT molecular complexity index is 931. The summed E-state index contributed by atoms with van der Waals surface area (Å²) in [5.41, 5.74) is 1.39. The normalized spacial score (nSPS) is 10.6. The topological polar surface area (TPSA) is 86.4 Å². The van der Waals surface area contributed by atoms with Crippen molar-refractivity contribution < 1.29 is 13.9 Å². The van der Waals surface area contributed by atoms with Crippen molar-refractivity contribution in [3.05, 3.63) is 70.9 Å². The number of benzene rings is 1. The van der Waals surface area contributed by atoms with Gasteiger partial charge in [0.1, 0.15) is 11.5 Å². The lowest BCUT2D eigenvalue weighted by Crippen LogP contribution is -2.25. The molecule has 0 aliphatic carbocycles. The summed E-state index contributed by atoms with van der Waals surface area (Å²) in [5.74, 6) is 1.37. The molecule has 3 aromatic rings. The molecule has 2 aromatic heterocycles. The Kier molecular flexibility index (Phi) is 6.04. The van der Waals surface area contributed by atoms with Crippen molar-refractivity contribution in [2.24, 2.45) is 0 Å². The van der Waals surface area contributed by atoms with Gasteiger partial charge in [-0.3, -0.25) is 9.59 Å². The van der Waals surface area contributed by atoms with Crippen LogP contribution in [0.1, 0.15) is 18.6 Å². The van der Waals surface area contributed by atoms with Crippen molar-refractivity contribution in [1.29, 1.82) is 0 Å². The number of rotatable bonds is 8. The van der Waals surface area contributed by atoms with E-state index in [0.29, 0.717) is 37.4 Å². The van der Waals surface area contributed by atoms with E-state index in [1.807, 2.05) is 24.3 Å². The van der Waals surface area contributed by atoms with Gasteiger partial charge < -0.3 is 14.5 Å². The fourth-order valence-corrected chi connectivity index (χ4v) is 2.60. The van der Waals surface area contributed by atoms with Crippen LogP contribution in [-0.2, 0) is 17.9 Å². The Morgan fingerprint density at radius 3 is 2.70 bits per heavy atom. The highest BCUT2D eigenvalue weighted by Crippen LogP contribution is 2.19. The second-order valence-corrected chi connectivity index (χ2v) is 5.97. The van der Waals surface area contributed by atoms with Gasteiger partial charge in [-0.1, -0.05) is 0 Å². The van der Waals surface area contributed by atoms with Gasteiger partial charge in [-0.05, 0) is 48.9 Å². The summed E-state index contributed by atoms with van der Waals surface area (Å²) in [6.45, 7) is 0.730. The molecule has 27 heavy (non-hydrogen) atoms. The molecule has 0 saturated carbocycles. The number of methoxy groups -OCH3 is 1. The average Bonchev–Trinajstić information content (AvgIpc) is 3.21. The number of amides is 1. The number of nitrogens with zero attached hydrogens (tertiary/aromatic N) is 2. The maximum atomic E-state index is 12.0. The average molecular weight is 367 g/mol. The maximum absolute atomic E-state index is 12.0. The van der Waals surface area contributed by atoms with Gasteiger partial charge in [-0.15, -0.1) is 0 Å². The van der Waals surface area contributed by atoms with Crippen LogP contribution in [0.3, 0.4) is 0 Å². The molecule has 1 amide bonds. The van der Waals surface area contributed by atoms with Crippen LogP contribution in [0, 0.1) is 0 Å². The SMILES string of the molecule is COc1ccc(-c2ccc(=O)n(CCCC(=O)NCc3ccco3)n2)cc1. The number of ether oxygens (including phenoxy) is 1. The minimum Gasteiger partial charge on any atom is -0.497 e. The third kappa shape index (κ3) is 5.07. The van der Waals surface area contributed by atoms with Crippen molar-refractivity contribution in [3.63, 3.8) is 0 Å². The fourth-order valence-electron chi connectivity index (χ4n) is 2.60. The van der Waals surface area contributed by atoms with Gasteiger partial charge in [0.05, 0.1) is 25.6 Å². The van der Waals surface area contributed by atoms with Gasteiger partial charge in [0.15, 0.2) is 0 Å². The molecular weight excluding hydrogens is 346 g/mol. The van der Waals surface area contributed by atoms with E-state index in [-0.39, 0.29) is 11.5 Å². The predicted molar refractivity (Wildman–Crippen MR) is 100 cm³/mol. The molecule has 2 heterocycles. The van der Waals surface area contributed by atoms with E-state index in [9.17, 15) is 9.59 Å². The van der Waals surface area contributed by atoms with Gasteiger partial charge in [0.25, 0.3) is 5.56 Å². The Labute approximate surface area is 156 Å². The molecule has 3 rings (SSSR count). The largest absolute Gasteiger partial charge is 0.497 e. The van der Waals surface area contributed by atoms with E-state index >= 15 is 0 Å². The van der Waals surface area contributed by atoms with Gasteiger partial charge >= 0.3 is 0 Å². The number of aryl methyl sites for hydroxylation is 1. The first kappa shape index (κ1) is 18.4. The van der Waals surface area contributed by atoms with Crippen LogP contribution in [-0.4, -0.2) is 22.8 Å². The second-order valence-electron chi connectivity index (χ2n) is 5.97. The minimum absolute atomic E-state index is 0.0919. The quantitative estimate of drug-likeness (QED) is 0.661. The minimum atomic E-state index is -0.191. The summed E-state index contributed by atoms with van der Waals surface area (Å²) in [7, 11) is 1.61. The van der Waals surface area contributed by atoms with Crippen LogP contribution >= 0.6 is 0 Å². The molecule has 0 unspecified atom stereocenters. The number of hydrogen-bond acceptors (Lipinski definition) is 5. The number of carbonyl (C=O) groups excluding carboxylic acids is 1. The highest BCUT2D eigenvalue weighted by molar-refractivity contribution is 5.75. The highest BCUT2D eigenvalue weighted by atomic mass is 16.5. The third-order valence-corrected chi connectivity index (χ3v) is 4.07. The molecule has 7 nitrogen and oxygen atoms in total. The van der Waals surface area contributed by atoms with E-state index in [1.165, 1.54) is 10.7 Å². The van der Waals surface area contributed by atoms with Crippen LogP contribution in [0.25, 0.3) is 11.3 Å². The van der Waals surface area contributed by atoms with Crippen molar-refractivity contribution in [3.8, 4) is 17.0 Å². The van der Waals surface area contributed by atoms with Crippen molar-refractivity contribution in [2.45, 2.75) is 25.9 Å². The van der Waals surface area contributed by atoms with Crippen LogP contribution in [0.2, 0.25) is 0 Å². The Morgan fingerprint density at radius 1 is 1.19 bits per heavy atom. The maximum Gasteiger partial charge on any atom is 0.266 e. The van der Waals surface area contributed by atoms with E-state index < -0.39 is 0 Å². The zero-order valence-corrected chi connectivity index (χ0v) is 15.1. The summed E-state index contributed by atoms with van der Waals surface area (Å²) >= 11 is 0. The van der Waals surface area contributed by atoms with Gasteiger partial charge in [0, 0.05) is 24.6 Å². The zero-order chi connectivity index (χ0) is 19.1. The molecule has 7 heteroatoms. The number of aromatic nitrogens is 2. The first-order valence-corrected chi connectivity index (χ1v) is 8.67. The summed E-state index contributed by atoms with van der Waals surface area (Å²) in [4.78, 5) is 23.9. The van der Waals surface area contributed by atoms with Crippen LogP contribution < -0.4 is 15.6 Å². The third-order valence-electron chi connectivity index (χ3n) is 4.07. The molecule has 140 valence electrons. The zero-order valence-electron chi connectivity index (χ0n) is 15.1.